The summed E-state index contributed by atoms with van der Waals surface area (Å²) in [4.78, 5) is 12.0. The molecule has 2 rings (SSSR count). The fourth-order valence-corrected chi connectivity index (χ4v) is 1.72. The first kappa shape index (κ1) is 12.4. The van der Waals surface area contributed by atoms with Crippen LogP contribution in [0.5, 0.6) is 5.75 Å². The SMILES string of the molecule is CCn1nc(C)cc1C(=O)Oc1ccc(C)cc1. The van der Waals surface area contributed by atoms with E-state index in [4.69, 9.17) is 4.74 Å². The van der Waals surface area contributed by atoms with E-state index >= 15 is 0 Å². The monoisotopic (exact) mass is 244 g/mol. The molecule has 1 aromatic heterocycles. The second-order valence-corrected chi connectivity index (χ2v) is 4.19. The van der Waals surface area contributed by atoms with Crippen LogP contribution in [0.3, 0.4) is 0 Å². The van der Waals surface area contributed by atoms with Crippen molar-refractivity contribution in [3.63, 3.8) is 0 Å². The quantitative estimate of drug-likeness (QED) is 0.616. The third-order valence-electron chi connectivity index (χ3n) is 2.64. The second-order valence-electron chi connectivity index (χ2n) is 4.19. The third kappa shape index (κ3) is 2.59. The molecule has 2 aromatic rings. The van der Waals surface area contributed by atoms with Gasteiger partial charge in [0.05, 0.1) is 5.69 Å². The van der Waals surface area contributed by atoms with E-state index in [0.29, 0.717) is 18.0 Å². The van der Waals surface area contributed by atoms with Crippen LogP contribution in [0, 0.1) is 13.8 Å². The van der Waals surface area contributed by atoms with Crippen molar-refractivity contribution >= 4 is 5.97 Å². The fraction of sp³-hybridized carbons (Fsp3) is 0.286. The molecule has 18 heavy (non-hydrogen) atoms. The van der Waals surface area contributed by atoms with Crippen molar-refractivity contribution < 1.29 is 9.53 Å². The second kappa shape index (κ2) is 5.04. The first-order valence-corrected chi connectivity index (χ1v) is 5.93. The van der Waals surface area contributed by atoms with Crippen molar-refractivity contribution in [2.45, 2.75) is 27.3 Å². The summed E-state index contributed by atoms with van der Waals surface area (Å²) < 4.78 is 6.96. The number of nitrogens with zero attached hydrogens (tertiary/aromatic N) is 2. The molecule has 4 heteroatoms. The van der Waals surface area contributed by atoms with Crippen molar-refractivity contribution in [3.05, 3.63) is 47.3 Å². The summed E-state index contributed by atoms with van der Waals surface area (Å²) in [5, 5.41) is 4.22. The molecule has 0 aliphatic rings. The van der Waals surface area contributed by atoms with Crippen molar-refractivity contribution in [2.24, 2.45) is 0 Å². The summed E-state index contributed by atoms with van der Waals surface area (Å²) in [6, 6.07) is 9.12. The van der Waals surface area contributed by atoms with Crippen molar-refractivity contribution in [2.75, 3.05) is 0 Å². The molecule has 0 spiro atoms. The van der Waals surface area contributed by atoms with Crippen LogP contribution in [-0.4, -0.2) is 15.7 Å². The minimum atomic E-state index is -0.374. The van der Waals surface area contributed by atoms with Crippen molar-refractivity contribution in [1.29, 1.82) is 0 Å². The Morgan fingerprint density at radius 2 is 1.94 bits per heavy atom. The maximum absolute atomic E-state index is 12.0. The Kier molecular flexibility index (Phi) is 3.46. The molecule has 4 nitrogen and oxygen atoms in total. The highest BCUT2D eigenvalue weighted by molar-refractivity contribution is 5.89. The van der Waals surface area contributed by atoms with Gasteiger partial charge in [-0.25, -0.2) is 4.79 Å². The topological polar surface area (TPSA) is 44.1 Å². The number of aryl methyl sites for hydroxylation is 3. The van der Waals surface area contributed by atoms with Crippen LogP contribution < -0.4 is 4.74 Å². The molecule has 0 bridgehead atoms. The van der Waals surface area contributed by atoms with Gasteiger partial charge in [0.1, 0.15) is 11.4 Å². The molecule has 1 heterocycles. The highest BCUT2D eigenvalue weighted by Gasteiger charge is 2.15. The minimum Gasteiger partial charge on any atom is -0.422 e. The Labute approximate surface area is 106 Å². The molecule has 0 atom stereocenters. The van der Waals surface area contributed by atoms with Gasteiger partial charge in [-0.15, -0.1) is 0 Å². The molecular weight excluding hydrogens is 228 g/mol. The lowest BCUT2D eigenvalue weighted by molar-refractivity contribution is 0.0722. The van der Waals surface area contributed by atoms with Crippen LogP contribution in [0.15, 0.2) is 30.3 Å². The minimum absolute atomic E-state index is 0.374. The number of carbonyl (C=O) groups excluding carboxylic acids is 1. The Bertz CT molecular complexity index is 556. The average Bonchev–Trinajstić information content (AvgIpc) is 2.73. The standard InChI is InChI=1S/C14H16N2O2/c1-4-16-13(9-11(3)15-16)14(17)18-12-7-5-10(2)6-8-12/h5-9H,4H2,1-3H3. The fourth-order valence-electron chi connectivity index (χ4n) is 1.72. The molecular formula is C14H16N2O2. The maximum Gasteiger partial charge on any atom is 0.362 e. The molecule has 0 amide bonds. The van der Waals surface area contributed by atoms with E-state index in [1.165, 1.54) is 0 Å². The van der Waals surface area contributed by atoms with Gasteiger partial charge in [0.25, 0.3) is 0 Å². The molecule has 94 valence electrons. The molecule has 0 saturated carbocycles. The molecule has 0 aliphatic heterocycles. The Morgan fingerprint density at radius 3 is 2.56 bits per heavy atom. The summed E-state index contributed by atoms with van der Waals surface area (Å²) in [6.07, 6.45) is 0. The highest BCUT2D eigenvalue weighted by atomic mass is 16.5. The number of benzene rings is 1. The number of hydrogen-bond acceptors (Lipinski definition) is 3. The first-order chi connectivity index (χ1) is 8.60. The summed E-state index contributed by atoms with van der Waals surface area (Å²) in [5.74, 6) is 0.174. The van der Waals surface area contributed by atoms with Gasteiger partial charge in [0, 0.05) is 6.54 Å². The smallest absolute Gasteiger partial charge is 0.362 e. The van der Waals surface area contributed by atoms with Gasteiger partial charge in [-0.3, -0.25) is 4.68 Å². The summed E-state index contributed by atoms with van der Waals surface area (Å²) in [7, 11) is 0. The summed E-state index contributed by atoms with van der Waals surface area (Å²) in [5.41, 5.74) is 2.42. The van der Waals surface area contributed by atoms with Crippen LogP contribution >= 0.6 is 0 Å². The number of hydrogen-bond donors (Lipinski definition) is 0. The number of esters is 1. The number of carbonyl (C=O) groups is 1. The van der Waals surface area contributed by atoms with Gasteiger partial charge in [0.2, 0.25) is 0 Å². The largest absolute Gasteiger partial charge is 0.422 e. The predicted octanol–water partition coefficient (Wildman–Crippen LogP) is 2.74. The van der Waals surface area contributed by atoms with E-state index in [1.807, 2.05) is 32.9 Å². The van der Waals surface area contributed by atoms with E-state index in [-0.39, 0.29) is 5.97 Å². The van der Waals surface area contributed by atoms with E-state index in [1.54, 1.807) is 22.9 Å². The van der Waals surface area contributed by atoms with Gasteiger partial charge in [-0.05, 0) is 39.0 Å². The van der Waals surface area contributed by atoms with Crippen molar-refractivity contribution in [1.82, 2.24) is 9.78 Å². The Balaban J connectivity index is 2.19. The zero-order chi connectivity index (χ0) is 13.1. The average molecular weight is 244 g/mol. The van der Waals surface area contributed by atoms with Crippen LogP contribution in [0.1, 0.15) is 28.7 Å². The lowest BCUT2D eigenvalue weighted by Gasteiger charge is -2.05. The normalized spacial score (nSPS) is 10.4. The van der Waals surface area contributed by atoms with Crippen LogP contribution in [0.4, 0.5) is 0 Å². The molecule has 0 N–H and O–H groups in total. The van der Waals surface area contributed by atoms with E-state index in [0.717, 1.165) is 11.3 Å². The van der Waals surface area contributed by atoms with E-state index in [2.05, 4.69) is 5.10 Å². The molecule has 0 radical (unpaired) electrons. The molecule has 0 aliphatic carbocycles. The van der Waals surface area contributed by atoms with Gasteiger partial charge in [-0.1, -0.05) is 17.7 Å². The Hall–Kier alpha value is -2.10. The molecule has 0 fully saturated rings. The number of aromatic nitrogens is 2. The molecule has 1 aromatic carbocycles. The Morgan fingerprint density at radius 1 is 1.28 bits per heavy atom. The van der Waals surface area contributed by atoms with Gasteiger partial charge < -0.3 is 4.74 Å². The highest BCUT2D eigenvalue weighted by Crippen LogP contribution is 2.14. The predicted molar refractivity (Wildman–Crippen MR) is 68.8 cm³/mol. The summed E-state index contributed by atoms with van der Waals surface area (Å²) in [6.45, 7) is 6.43. The first-order valence-electron chi connectivity index (χ1n) is 5.93. The van der Waals surface area contributed by atoms with E-state index in [9.17, 15) is 4.79 Å². The maximum atomic E-state index is 12.0. The van der Waals surface area contributed by atoms with Crippen molar-refractivity contribution in [3.8, 4) is 5.75 Å². The van der Waals surface area contributed by atoms with Gasteiger partial charge in [0.15, 0.2) is 0 Å². The van der Waals surface area contributed by atoms with Crippen LogP contribution in [0.2, 0.25) is 0 Å². The van der Waals surface area contributed by atoms with Gasteiger partial charge >= 0.3 is 5.97 Å². The van der Waals surface area contributed by atoms with Crippen LogP contribution in [-0.2, 0) is 6.54 Å². The van der Waals surface area contributed by atoms with Crippen LogP contribution in [0.25, 0.3) is 0 Å². The third-order valence-corrected chi connectivity index (χ3v) is 2.64. The lowest BCUT2D eigenvalue weighted by Crippen LogP contribution is -2.14. The lowest BCUT2D eigenvalue weighted by atomic mass is 10.2. The zero-order valence-corrected chi connectivity index (χ0v) is 10.8. The zero-order valence-electron chi connectivity index (χ0n) is 10.8. The number of ether oxygens (including phenoxy) is 1. The summed E-state index contributed by atoms with van der Waals surface area (Å²) >= 11 is 0. The number of rotatable bonds is 3. The van der Waals surface area contributed by atoms with Gasteiger partial charge in [-0.2, -0.15) is 5.10 Å². The molecule has 0 saturated heterocycles. The molecule has 0 unspecified atom stereocenters. The van der Waals surface area contributed by atoms with E-state index < -0.39 is 0 Å².